The third kappa shape index (κ3) is 3.40. The van der Waals surface area contributed by atoms with Crippen LogP contribution in [0.4, 0.5) is 4.39 Å². The Bertz CT molecular complexity index is 651. The van der Waals surface area contributed by atoms with Gasteiger partial charge in [-0.3, -0.25) is 0 Å². The number of pyridine rings is 1. The van der Waals surface area contributed by atoms with Crippen molar-refractivity contribution in [1.29, 1.82) is 0 Å². The molecule has 20 heavy (non-hydrogen) atoms. The molecule has 0 aliphatic rings. The van der Waals surface area contributed by atoms with Crippen LogP contribution in [0.3, 0.4) is 0 Å². The summed E-state index contributed by atoms with van der Waals surface area (Å²) in [4.78, 5) is 4.15. The zero-order valence-electron chi connectivity index (χ0n) is 10.3. The lowest BCUT2D eigenvalue weighted by molar-refractivity contribution is 0.318. The monoisotopic (exact) mass is 311 g/mol. The van der Waals surface area contributed by atoms with Crippen LogP contribution in [0, 0.1) is 5.82 Å². The molecule has 7 heteroatoms. The van der Waals surface area contributed by atoms with E-state index in [0.29, 0.717) is 21.4 Å². The number of benzene rings is 1. The molecule has 0 aliphatic carbocycles. The lowest BCUT2D eigenvalue weighted by Gasteiger charge is -2.08. The van der Waals surface area contributed by atoms with Gasteiger partial charge in [-0.25, -0.2) is 9.37 Å². The molecule has 4 nitrogen and oxygen atoms in total. The molecular formula is C13H11ClFN3OS. The molecule has 0 saturated heterocycles. The standard InChI is InChI=1S/C13H11ClFN3OS/c14-11-2-1-5-17-13(11)20-7-8-3-4-9(15)6-10(8)12(16)18-19/h1-6,19H,7H2,(H2,16,18). The summed E-state index contributed by atoms with van der Waals surface area (Å²) in [6.07, 6.45) is 1.64. The smallest absolute Gasteiger partial charge is 0.170 e. The molecule has 0 amide bonds. The molecule has 1 aromatic heterocycles. The lowest BCUT2D eigenvalue weighted by Crippen LogP contribution is -2.15. The highest BCUT2D eigenvalue weighted by atomic mass is 35.5. The minimum absolute atomic E-state index is 0.132. The Kier molecular flexibility index (Phi) is 4.81. The quantitative estimate of drug-likeness (QED) is 0.299. The number of nitrogens with zero attached hydrogens (tertiary/aromatic N) is 2. The summed E-state index contributed by atoms with van der Waals surface area (Å²) in [5.41, 5.74) is 6.63. The first-order chi connectivity index (χ1) is 9.61. The fourth-order valence-corrected chi connectivity index (χ4v) is 2.76. The van der Waals surface area contributed by atoms with Gasteiger partial charge in [0.05, 0.1) is 5.02 Å². The molecule has 0 bridgehead atoms. The first-order valence-corrected chi connectivity index (χ1v) is 6.98. The van der Waals surface area contributed by atoms with E-state index in [1.807, 2.05) is 0 Å². The fraction of sp³-hybridized carbons (Fsp3) is 0.0769. The van der Waals surface area contributed by atoms with Crippen molar-refractivity contribution in [1.82, 2.24) is 4.98 Å². The molecule has 0 aliphatic heterocycles. The largest absolute Gasteiger partial charge is 0.409 e. The summed E-state index contributed by atoms with van der Waals surface area (Å²) in [5.74, 6) is -0.105. The van der Waals surface area contributed by atoms with Crippen molar-refractivity contribution in [2.45, 2.75) is 10.8 Å². The Morgan fingerprint density at radius 3 is 2.95 bits per heavy atom. The van der Waals surface area contributed by atoms with E-state index in [2.05, 4.69) is 10.1 Å². The second-order valence-electron chi connectivity index (χ2n) is 3.87. The van der Waals surface area contributed by atoms with E-state index in [4.69, 9.17) is 22.5 Å². The van der Waals surface area contributed by atoms with E-state index in [1.165, 1.54) is 23.9 Å². The van der Waals surface area contributed by atoms with Gasteiger partial charge in [-0.15, -0.1) is 11.8 Å². The topological polar surface area (TPSA) is 71.5 Å². The van der Waals surface area contributed by atoms with Crippen molar-refractivity contribution in [2.24, 2.45) is 10.9 Å². The summed E-state index contributed by atoms with van der Waals surface area (Å²) in [6, 6.07) is 7.62. The van der Waals surface area contributed by atoms with Crippen LogP contribution in [0.2, 0.25) is 5.02 Å². The third-order valence-electron chi connectivity index (χ3n) is 2.54. The normalized spacial score (nSPS) is 11.6. The Balaban J connectivity index is 2.24. The molecule has 1 aromatic carbocycles. The second-order valence-corrected chi connectivity index (χ2v) is 5.24. The number of hydrogen-bond acceptors (Lipinski definition) is 4. The van der Waals surface area contributed by atoms with Crippen LogP contribution in [-0.2, 0) is 5.75 Å². The Labute approximate surface area is 124 Å². The van der Waals surface area contributed by atoms with Crippen LogP contribution in [0.25, 0.3) is 0 Å². The molecule has 0 fully saturated rings. The van der Waals surface area contributed by atoms with E-state index in [1.54, 1.807) is 24.4 Å². The van der Waals surface area contributed by atoms with Crippen LogP contribution >= 0.6 is 23.4 Å². The van der Waals surface area contributed by atoms with Crippen LogP contribution in [-0.4, -0.2) is 16.0 Å². The van der Waals surface area contributed by atoms with Crippen molar-refractivity contribution in [3.05, 3.63) is 58.5 Å². The number of thioether (sulfide) groups is 1. The van der Waals surface area contributed by atoms with Gasteiger partial charge < -0.3 is 10.9 Å². The van der Waals surface area contributed by atoms with Crippen molar-refractivity contribution >= 4 is 29.2 Å². The fourth-order valence-electron chi connectivity index (χ4n) is 1.59. The molecule has 1 heterocycles. The number of oxime groups is 1. The van der Waals surface area contributed by atoms with E-state index in [-0.39, 0.29) is 5.84 Å². The van der Waals surface area contributed by atoms with Gasteiger partial charge in [0.15, 0.2) is 5.84 Å². The summed E-state index contributed by atoms with van der Waals surface area (Å²) < 4.78 is 13.2. The maximum Gasteiger partial charge on any atom is 0.170 e. The average Bonchev–Trinajstić information content (AvgIpc) is 2.46. The molecular weight excluding hydrogens is 301 g/mol. The zero-order chi connectivity index (χ0) is 14.5. The lowest BCUT2D eigenvalue weighted by atomic mass is 10.1. The van der Waals surface area contributed by atoms with Gasteiger partial charge in [0, 0.05) is 17.5 Å². The SMILES string of the molecule is NC(=NO)c1cc(F)ccc1CSc1ncccc1Cl. The summed E-state index contributed by atoms with van der Waals surface area (Å²) in [6.45, 7) is 0. The highest BCUT2D eigenvalue weighted by Crippen LogP contribution is 2.28. The van der Waals surface area contributed by atoms with Crippen molar-refractivity contribution in [3.63, 3.8) is 0 Å². The van der Waals surface area contributed by atoms with Gasteiger partial charge in [-0.2, -0.15) is 0 Å². The number of rotatable bonds is 4. The summed E-state index contributed by atoms with van der Waals surface area (Å²) >= 11 is 7.40. The van der Waals surface area contributed by atoms with Crippen LogP contribution in [0.15, 0.2) is 46.7 Å². The van der Waals surface area contributed by atoms with Gasteiger partial charge >= 0.3 is 0 Å². The van der Waals surface area contributed by atoms with Crippen molar-refractivity contribution in [3.8, 4) is 0 Å². The number of hydrogen-bond donors (Lipinski definition) is 2. The van der Waals surface area contributed by atoms with Gasteiger partial charge in [-0.1, -0.05) is 22.8 Å². The summed E-state index contributed by atoms with van der Waals surface area (Å²) in [7, 11) is 0. The van der Waals surface area contributed by atoms with Gasteiger partial charge in [-0.05, 0) is 29.8 Å². The zero-order valence-corrected chi connectivity index (χ0v) is 11.8. The third-order valence-corrected chi connectivity index (χ3v) is 4.02. The molecule has 0 saturated carbocycles. The van der Waals surface area contributed by atoms with Crippen molar-refractivity contribution < 1.29 is 9.60 Å². The Morgan fingerprint density at radius 1 is 1.45 bits per heavy atom. The Morgan fingerprint density at radius 2 is 2.25 bits per heavy atom. The van der Waals surface area contributed by atoms with Crippen LogP contribution in [0.1, 0.15) is 11.1 Å². The molecule has 0 radical (unpaired) electrons. The van der Waals surface area contributed by atoms with E-state index >= 15 is 0 Å². The molecule has 2 rings (SSSR count). The van der Waals surface area contributed by atoms with E-state index < -0.39 is 5.82 Å². The van der Waals surface area contributed by atoms with Gasteiger partial charge in [0.2, 0.25) is 0 Å². The minimum Gasteiger partial charge on any atom is -0.409 e. The molecule has 0 unspecified atom stereocenters. The highest BCUT2D eigenvalue weighted by Gasteiger charge is 2.10. The predicted octanol–water partition coefficient (Wildman–Crippen LogP) is 3.26. The minimum atomic E-state index is -0.448. The predicted molar refractivity (Wildman–Crippen MR) is 77.7 cm³/mol. The maximum absolute atomic E-state index is 13.2. The number of halogens is 2. The van der Waals surface area contributed by atoms with Gasteiger partial charge in [0.25, 0.3) is 0 Å². The first-order valence-electron chi connectivity index (χ1n) is 5.61. The molecule has 2 aromatic rings. The van der Waals surface area contributed by atoms with E-state index in [0.717, 1.165) is 5.56 Å². The molecule has 0 atom stereocenters. The van der Waals surface area contributed by atoms with Crippen LogP contribution in [0.5, 0.6) is 0 Å². The maximum atomic E-state index is 13.2. The highest BCUT2D eigenvalue weighted by molar-refractivity contribution is 7.98. The Hall–Kier alpha value is -1.79. The average molecular weight is 312 g/mol. The number of nitrogens with two attached hydrogens (primary N) is 1. The molecule has 3 N–H and O–H groups in total. The first kappa shape index (κ1) is 14.6. The molecule has 0 spiro atoms. The van der Waals surface area contributed by atoms with E-state index in [9.17, 15) is 4.39 Å². The number of aromatic nitrogens is 1. The van der Waals surface area contributed by atoms with Gasteiger partial charge in [0.1, 0.15) is 10.8 Å². The summed E-state index contributed by atoms with van der Waals surface area (Å²) in [5, 5.41) is 12.9. The molecule has 104 valence electrons. The number of amidine groups is 1. The van der Waals surface area contributed by atoms with Crippen molar-refractivity contribution in [2.75, 3.05) is 0 Å². The van der Waals surface area contributed by atoms with Crippen LogP contribution < -0.4 is 5.73 Å². The second kappa shape index (κ2) is 6.58.